The molecular weight excluding hydrogens is 144 g/mol. The molecule has 0 spiro atoms. The minimum atomic E-state index is -0.354. The van der Waals surface area contributed by atoms with Crippen LogP contribution < -0.4 is 0 Å². The van der Waals surface area contributed by atoms with Gasteiger partial charge in [0, 0.05) is 5.57 Å². The largest absolute Gasteiger partial charge is 0.466 e. The predicted molar refractivity (Wildman–Crippen MR) is 41.0 cm³/mol. The zero-order chi connectivity index (χ0) is 8.69. The summed E-state index contributed by atoms with van der Waals surface area (Å²) in [6.07, 6.45) is 0.0772. The van der Waals surface area contributed by atoms with Crippen LogP contribution in [0.4, 0.5) is 0 Å². The standard InChI is InChI=1S/C8H12O3/c1-3-7(6-9)5-8(10)11-4-2/h9H,1,4-6H2,2H3. The van der Waals surface area contributed by atoms with E-state index in [2.05, 4.69) is 17.0 Å². The molecule has 0 saturated carbocycles. The molecule has 0 fully saturated rings. The third-order valence-electron chi connectivity index (χ3n) is 1.10. The van der Waals surface area contributed by atoms with Crippen molar-refractivity contribution in [3.8, 4) is 0 Å². The van der Waals surface area contributed by atoms with Crippen LogP contribution in [0.1, 0.15) is 13.3 Å². The van der Waals surface area contributed by atoms with Crippen molar-refractivity contribution in [2.24, 2.45) is 0 Å². The highest BCUT2D eigenvalue weighted by molar-refractivity contribution is 5.72. The Morgan fingerprint density at radius 1 is 1.73 bits per heavy atom. The first kappa shape index (κ1) is 9.95. The molecule has 0 heterocycles. The summed E-state index contributed by atoms with van der Waals surface area (Å²) in [6, 6.07) is 0. The summed E-state index contributed by atoms with van der Waals surface area (Å²) in [6.45, 7) is 5.21. The summed E-state index contributed by atoms with van der Waals surface area (Å²) in [5, 5.41) is 8.60. The van der Waals surface area contributed by atoms with Crippen LogP contribution in [-0.4, -0.2) is 24.3 Å². The summed E-state index contributed by atoms with van der Waals surface area (Å²) in [5.41, 5.74) is 2.92. The van der Waals surface area contributed by atoms with Gasteiger partial charge in [0.2, 0.25) is 0 Å². The molecule has 0 atom stereocenters. The van der Waals surface area contributed by atoms with Crippen LogP contribution in [-0.2, 0) is 9.53 Å². The van der Waals surface area contributed by atoms with Crippen LogP contribution in [0.25, 0.3) is 0 Å². The molecule has 0 aromatic heterocycles. The van der Waals surface area contributed by atoms with Crippen molar-refractivity contribution in [3.63, 3.8) is 0 Å². The van der Waals surface area contributed by atoms with Crippen molar-refractivity contribution in [2.45, 2.75) is 13.3 Å². The van der Waals surface area contributed by atoms with E-state index < -0.39 is 0 Å². The molecule has 0 rings (SSSR count). The molecular formula is C8H12O3. The van der Waals surface area contributed by atoms with Gasteiger partial charge in [0.15, 0.2) is 0 Å². The molecule has 0 aliphatic carbocycles. The summed E-state index contributed by atoms with van der Waals surface area (Å²) < 4.78 is 4.64. The van der Waals surface area contributed by atoms with E-state index in [4.69, 9.17) is 5.11 Å². The fourth-order valence-electron chi connectivity index (χ4n) is 0.561. The van der Waals surface area contributed by atoms with Crippen molar-refractivity contribution >= 4 is 5.97 Å². The van der Waals surface area contributed by atoms with E-state index in [1.54, 1.807) is 6.92 Å². The van der Waals surface area contributed by atoms with E-state index >= 15 is 0 Å². The van der Waals surface area contributed by atoms with Gasteiger partial charge < -0.3 is 9.84 Å². The second-order valence-electron chi connectivity index (χ2n) is 1.92. The number of hydrogen-bond acceptors (Lipinski definition) is 3. The average Bonchev–Trinajstić information content (AvgIpc) is 2.01. The van der Waals surface area contributed by atoms with Gasteiger partial charge in [0.05, 0.1) is 19.6 Å². The molecule has 0 bridgehead atoms. The second-order valence-corrected chi connectivity index (χ2v) is 1.92. The lowest BCUT2D eigenvalue weighted by molar-refractivity contribution is -0.142. The smallest absolute Gasteiger partial charge is 0.310 e. The molecule has 0 amide bonds. The molecule has 0 saturated heterocycles. The first-order valence-corrected chi connectivity index (χ1v) is 3.38. The normalized spacial score (nSPS) is 8.55. The van der Waals surface area contributed by atoms with Gasteiger partial charge in [0.1, 0.15) is 0 Å². The Morgan fingerprint density at radius 2 is 2.36 bits per heavy atom. The van der Waals surface area contributed by atoms with Gasteiger partial charge >= 0.3 is 5.97 Å². The Labute approximate surface area is 66.0 Å². The molecule has 3 nitrogen and oxygen atoms in total. The van der Waals surface area contributed by atoms with Crippen LogP contribution in [0.15, 0.2) is 17.9 Å². The fourth-order valence-corrected chi connectivity index (χ4v) is 0.561. The van der Waals surface area contributed by atoms with Crippen molar-refractivity contribution < 1.29 is 14.6 Å². The molecule has 62 valence electrons. The molecule has 1 N–H and O–H groups in total. The molecule has 0 radical (unpaired) electrons. The number of esters is 1. The molecule has 0 aliphatic rings. The second kappa shape index (κ2) is 5.71. The van der Waals surface area contributed by atoms with Crippen LogP contribution in [0.5, 0.6) is 0 Å². The molecule has 3 heteroatoms. The monoisotopic (exact) mass is 156 g/mol. The predicted octanol–water partition coefficient (Wildman–Crippen LogP) is 0.643. The third-order valence-corrected chi connectivity index (χ3v) is 1.10. The van der Waals surface area contributed by atoms with E-state index in [0.29, 0.717) is 12.2 Å². The number of aliphatic hydroxyl groups excluding tert-OH is 1. The topological polar surface area (TPSA) is 46.5 Å². The lowest BCUT2D eigenvalue weighted by atomic mass is 10.2. The molecule has 0 unspecified atom stereocenters. The zero-order valence-corrected chi connectivity index (χ0v) is 6.59. The maximum absolute atomic E-state index is 10.7. The molecule has 0 aromatic rings. The van der Waals surface area contributed by atoms with Crippen molar-refractivity contribution in [3.05, 3.63) is 17.9 Å². The first-order valence-electron chi connectivity index (χ1n) is 3.38. The van der Waals surface area contributed by atoms with Gasteiger partial charge in [-0.2, -0.15) is 0 Å². The Bertz CT molecular complexity index is 178. The maximum Gasteiger partial charge on any atom is 0.310 e. The lowest BCUT2D eigenvalue weighted by Crippen LogP contribution is -2.06. The van der Waals surface area contributed by atoms with E-state index in [0.717, 1.165) is 0 Å². The Kier molecular flexibility index (Phi) is 5.17. The number of rotatable bonds is 4. The number of carbonyl (C=O) groups excluding carboxylic acids is 1. The highest BCUT2D eigenvalue weighted by Crippen LogP contribution is 1.98. The van der Waals surface area contributed by atoms with Crippen molar-refractivity contribution in [1.82, 2.24) is 0 Å². The SMILES string of the molecule is C=C=C(CO)CC(=O)OCC. The van der Waals surface area contributed by atoms with Crippen LogP contribution >= 0.6 is 0 Å². The van der Waals surface area contributed by atoms with Gasteiger partial charge in [0.25, 0.3) is 0 Å². The number of hydrogen-bond donors (Lipinski definition) is 1. The highest BCUT2D eigenvalue weighted by atomic mass is 16.5. The first-order chi connectivity index (χ1) is 5.24. The summed E-state index contributed by atoms with van der Waals surface area (Å²) in [7, 11) is 0. The minimum Gasteiger partial charge on any atom is -0.466 e. The van der Waals surface area contributed by atoms with Crippen LogP contribution in [0, 0.1) is 0 Å². The van der Waals surface area contributed by atoms with Gasteiger partial charge in [-0.25, -0.2) is 0 Å². The highest BCUT2D eigenvalue weighted by Gasteiger charge is 2.03. The number of carbonyl (C=O) groups is 1. The van der Waals surface area contributed by atoms with E-state index in [1.165, 1.54) is 0 Å². The third kappa shape index (κ3) is 4.37. The maximum atomic E-state index is 10.7. The minimum absolute atomic E-state index is 0.0772. The average molecular weight is 156 g/mol. The molecule has 0 aliphatic heterocycles. The van der Waals surface area contributed by atoms with E-state index in [1.807, 2.05) is 0 Å². The van der Waals surface area contributed by atoms with Crippen LogP contribution in [0.2, 0.25) is 0 Å². The van der Waals surface area contributed by atoms with E-state index in [-0.39, 0.29) is 19.0 Å². The number of ether oxygens (including phenoxy) is 1. The van der Waals surface area contributed by atoms with Crippen molar-refractivity contribution in [1.29, 1.82) is 0 Å². The fraction of sp³-hybridized carbons (Fsp3) is 0.500. The lowest BCUT2D eigenvalue weighted by Gasteiger charge is -2.00. The van der Waals surface area contributed by atoms with Crippen molar-refractivity contribution in [2.75, 3.05) is 13.2 Å². The van der Waals surface area contributed by atoms with Gasteiger partial charge in [-0.3, -0.25) is 4.79 Å². The van der Waals surface area contributed by atoms with Gasteiger partial charge in [-0.15, -0.1) is 5.73 Å². The quantitative estimate of drug-likeness (QED) is 0.480. The Balaban J connectivity index is 3.83. The summed E-state index contributed by atoms with van der Waals surface area (Å²) in [4.78, 5) is 10.7. The Morgan fingerprint density at radius 3 is 2.73 bits per heavy atom. The van der Waals surface area contributed by atoms with E-state index in [9.17, 15) is 4.79 Å². The zero-order valence-electron chi connectivity index (χ0n) is 6.59. The Hall–Kier alpha value is -1.05. The molecule has 0 aromatic carbocycles. The van der Waals surface area contributed by atoms with Gasteiger partial charge in [-0.05, 0) is 6.92 Å². The summed E-state index contributed by atoms with van der Waals surface area (Å²) in [5.74, 6) is -0.354. The number of aliphatic hydroxyl groups is 1. The molecule has 11 heavy (non-hydrogen) atoms. The van der Waals surface area contributed by atoms with Crippen LogP contribution in [0.3, 0.4) is 0 Å². The van der Waals surface area contributed by atoms with Gasteiger partial charge in [-0.1, -0.05) is 6.58 Å². The summed E-state index contributed by atoms with van der Waals surface area (Å²) >= 11 is 0.